The van der Waals surface area contributed by atoms with Gasteiger partial charge in [-0.2, -0.15) is 0 Å². The van der Waals surface area contributed by atoms with Crippen LogP contribution in [0, 0.1) is 0 Å². The summed E-state index contributed by atoms with van der Waals surface area (Å²) in [5.41, 5.74) is 4.85. The van der Waals surface area contributed by atoms with Gasteiger partial charge >= 0.3 is 0 Å². The molecule has 1 atom stereocenters. The van der Waals surface area contributed by atoms with E-state index in [1.807, 2.05) is 6.07 Å². The van der Waals surface area contributed by atoms with E-state index < -0.39 is 0 Å². The molecule has 0 spiro atoms. The molecule has 3 heterocycles. The summed E-state index contributed by atoms with van der Waals surface area (Å²) in [6.07, 6.45) is 6.05. The lowest BCUT2D eigenvalue weighted by Crippen LogP contribution is -2.19. The van der Waals surface area contributed by atoms with E-state index in [1.165, 1.54) is 48.1 Å². The number of H-pyrrole nitrogens is 1. The maximum Gasteiger partial charge on any atom is 0.115 e. The smallest absolute Gasteiger partial charge is 0.115 e. The number of likely N-dealkylation sites (tertiary alicyclic amines) is 1. The van der Waals surface area contributed by atoms with Crippen LogP contribution in [0.3, 0.4) is 0 Å². The Kier molecular flexibility index (Phi) is 4.76. The Labute approximate surface area is 148 Å². The number of fused-ring (bicyclic) bond motifs is 1. The summed E-state index contributed by atoms with van der Waals surface area (Å²) in [4.78, 5) is 14.4. The summed E-state index contributed by atoms with van der Waals surface area (Å²) in [6.45, 7) is 6.45. The highest BCUT2D eigenvalue weighted by Crippen LogP contribution is 2.20. The molecule has 1 fully saturated rings. The molecule has 2 aromatic heterocycles. The zero-order valence-electron chi connectivity index (χ0n) is 14.7. The number of aromatic amines is 1. The van der Waals surface area contributed by atoms with Gasteiger partial charge in [-0.25, -0.2) is 9.97 Å². The predicted octanol–water partition coefficient (Wildman–Crippen LogP) is 3.40. The molecule has 1 aliphatic heterocycles. The molecule has 4 rings (SSSR count). The molecule has 0 saturated carbocycles. The number of hydrogen-bond acceptors (Lipinski definition) is 4. The maximum atomic E-state index is 4.31. The van der Waals surface area contributed by atoms with E-state index in [0.717, 1.165) is 18.8 Å². The van der Waals surface area contributed by atoms with Gasteiger partial charge in [-0.1, -0.05) is 6.07 Å². The molecule has 5 heteroatoms. The maximum absolute atomic E-state index is 4.31. The largest absolute Gasteiger partial charge is 0.357 e. The molecule has 3 aromatic rings. The average Bonchev–Trinajstić information content (AvgIpc) is 3.29. The molecule has 0 aliphatic carbocycles. The van der Waals surface area contributed by atoms with E-state index >= 15 is 0 Å². The Morgan fingerprint density at radius 1 is 1.20 bits per heavy atom. The van der Waals surface area contributed by atoms with Crippen LogP contribution in [0.5, 0.6) is 0 Å². The van der Waals surface area contributed by atoms with Gasteiger partial charge in [0.15, 0.2) is 0 Å². The van der Waals surface area contributed by atoms with Crippen LogP contribution < -0.4 is 5.32 Å². The summed E-state index contributed by atoms with van der Waals surface area (Å²) >= 11 is 0. The number of rotatable bonds is 6. The topological polar surface area (TPSA) is 56.8 Å². The molecule has 0 radical (unpaired) electrons. The third-order valence-corrected chi connectivity index (χ3v) is 4.99. The van der Waals surface area contributed by atoms with Crippen LogP contribution in [0.15, 0.2) is 42.9 Å². The minimum atomic E-state index is 0.204. The van der Waals surface area contributed by atoms with Gasteiger partial charge in [0, 0.05) is 41.9 Å². The summed E-state index contributed by atoms with van der Waals surface area (Å²) in [5.74, 6) is 0. The first kappa shape index (κ1) is 16.2. The Hall–Kier alpha value is -2.24. The van der Waals surface area contributed by atoms with E-state index in [2.05, 4.69) is 56.4 Å². The monoisotopic (exact) mass is 335 g/mol. The molecule has 5 nitrogen and oxygen atoms in total. The third-order valence-electron chi connectivity index (χ3n) is 4.99. The van der Waals surface area contributed by atoms with E-state index in [-0.39, 0.29) is 6.04 Å². The number of nitrogens with one attached hydrogen (secondary N) is 2. The SMILES string of the molecule is CC(NCc1ccc2[nH]c(CN3CCCC3)cc2c1)c1ccncn1. The van der Waals surface area contributed by atoms with E-state index in [9.17, 15) is 0 Å². The molecule has 1 aliphatic rings. The standard InChI is InChI=1S/C20H25N5/c1-15(19-6-7-21-14-23-19)22-12-16-4-5-20-17(10-16)11-18(24-20)13-25-8-2-3-9-25/h4-7,10-11,14-15,22,24H,2-3,8-9,12-13H2,1H3. The van der Waals surface area contributed by atoms with Crippen LogP contribution in [-0.2, 0) is 13.1 Å². The van der Waals surface area contributed by atoms with Crippen molar-refractivity contribution in [2.75, 3.05) is 13.1 Å². The second kappa shape index (κ2) is 7.33. The van der Waals surface area contributed by atoms with Crippen molar-refractivity contribution in [1.29, 1.82) is 0 Å². The van der Waals surface area contributed by atoms with E-state index in [0.29, 0.717) is 0 Å². The van der Waals surface area contributed by atoms with Crippen LogP contribution in [0.1, 0.15) is 42.8 Å². The van der Waals surface area contributed by atoms with Gasteiger partial charge in [-0.3, -0.25) is 4.90 Å². The number of aromatic nitrogens is 3. The zero-order valence-corrected chi connectivity index (χ0v) is 14.7. The Bertz CT molecular complexity index is 820. The van der Waals surface area contributed by atoms with Crippen molar-refractivity contribution in [3.8, 4) is 0 Å². The van der Waals surface area contributed by atoms with Crippen molar-refractivity contribution < 1.29 is 0 Å². The van der Waals surface area contributed by atoms with Crippen molar-refractivity contribution in [2.45, 2.75) is 38.9 Å². The molecule has 1 unspecified atom stereocenters. The van der Waals surface area contributed by atoms with Crippen molar-refractivity contribution in [3.63, 3.8) is 0 Å². The summed E-state index contributed by atoms with van der Waals surface area (Å²) in [7, 11) is 0. The van der Waals surface area contributed by atoms with Gasteiger partial charge in [-0.05, 0) is 62.7 Å². The molecule has 0 bridgehead atoms. The Balaban J connectivity index is 1.42. The predicted molar refractivity (Wildman–Crippen MR) is 100 cm³/mol. The van der Waals surface area contributed by atoms with Crippen molar-refractivity contribution in [3.05, 3.63) is 59.8 Å². The van der Waals surface area contributed by atoms with Gasteiger partial charge in [0.1, 0.15) is 6.33 Å². The summed E-state index contributed by atoms with van der Waals surface area (Å²) in [5, 5.41) is 4.83. The van der Waals surface area contributed by atoms with E-state index in [1.54, 1.807) is 12.5 Å². The quantitative estimate of drug-likeness (QED) is 0.725. The molecule has 1 aromatic carbocycles. The Morgan fingerprint density at radius 2 is 2.08 bits per heavy atom. The normalized spacial score (nSPS) is 16.5. The first-order valence-electron chi connectivity index (χ1n) is 9.10. The molecular formula is C20H25N5. The number of benzene rings is 1. The van der Waals surface area contributed by atoms with Crippen LogP contribution in [0.4, 0.5) is 0 Å². The number of nitrogens with zero attached hydrogens (tertiary/aromatic N) is 3. The zero-order chi connectivity index (χ0) is 17.1. The van der Waals surface area contributed by atoms with Gasteiger partial charge in [0.05, 0.1) is 5.69 Å². The second-order valence-electron chi connectivity index (χ2n) is 6.94. The van der Waals surface area contributed by atoms with Gasteiger partial charge in [0.25, 0.3) is 0 Å². The second-order valence-corrected chi connectivity index (χ2v) is 6.94. The highest BCUT2D eigenvalue weighted by atomic mass is 15.1. The molecule has 130 valence electrons. The first-order chi connectivity index (χ1) is 12.3. The fourth-order valence-corrected chi connectivity index (χ4v) is 3.55. The lowest BCUT2D eigenvalue weighted by atomic mass is 10.1. The van der Waals surface area contributed by atoms with Gasteiger partial charge in [-0.15, -0.1) is 0 Å². The van der Waals surface area contributed by atoms with Gasteiger partial charge in [0.2, 0.25) is 0 Å². The lowest BCUT2D eigenvalue weighted by Gasteiger charge is -2.13. The van der Waals surface area contributed by atoms with E-state index in [4.69, 9.17) is 0 Å². The minimum absolute atomic E-state index is 0.204. The fraction of sp³-hybridized carbons (Fsp3) is 0.400. The summed E-state index contributed by atoms with van der Waals surface area (Å²) < 4.78 is 0. The third kappa shape index (κ3) is 3.89. The highest BCUT2D eigenvalue weighted by Gasteiger charge is 2.13. The Morgan fingerprint density at radius 3 is 2.88 bits per heavy atom. The molecule has 25 heavy (non-hydrogen) atoms. The van der Waals surface area contributed by atoms with Crippen molar-refractivity contribution in [1.82, 2.24) is 25.2 Å². The summed E-state index contributed by atoms with van der Waals surface area (Å²) in [6, 6.07) is 11.1. The van der Waals surface area contributed by atoms with Crippen LogP contribution in [0.2, 0.25) is 0 Å². The van der Waals surface area contributed by atoms with Crippen molar-refractivity contribution >= 4 is 10.9 Å². The molecule has 2 N–H and O–H groups in total. The lowest BCUT2D eigenvalue weighted by molar-refractivity contribution is 0.328. The average molecular weight is 335 g/mol. The number of hydrogen-bond donors (Lipinski definition) is 2. The molecule has 1 saturated heterocycles. The van der Waals surface area contributed by atoms with Crippen LogP contribution in [-0.4, -0.2) is 32.9 Å². The minimum Gasteiger partial charge on any atom is -0.357 e. The van der Waals surface area contributed by atoms with Gasteiger partial charge < -0.3 is 10.3 Å². The molecular weight excluding hydrogens is 310 g/mol. The first-order valence-corrected chi connectivity index (χ1v) is 9.10. The highest BCUT2D eigenvalue weighted by molar-refractivity contribution is 5.81. The van der Waals surface area contributed by atoms with Crippen molar-refractivity contribution in [2.24, 2.45) is 0 Å². The molecule has 0 amide bonds. The fourth-order valence-electron chi connectivity index (χ4n) is 3.55. The van der Waals surface area contributed by atoms with Crippen LogP contribution >= 0.6 is 0 Å². The van der Waals surface area contributed by atoms with Crippen LogP contribution in [0.25, 0.3) is 10.9 Å².